The second-order valence-electron chi connectivity index (χ2n) is 9.52. The van der Waals surface area contributed by atoms with E-state index < -0.39 is 0 Å². The highest BCUT2D eigenvalue weighted by Gasteiger charge is 2.27. The van der Waals surface area contributed by atoms with Crippen molar-refractivity contribution < 1.29 is 9.47 Å². The molecule has 0 aliphatic carbocycles. The summed E-state index contributed by atoms with van der Waals surface area (Å²) in [5.41, 5.74) is 11.2. The van der Waals surface area contributed by atoms with Crippen molar-refractivity contribution in [2.24, 2.45) is 5.73 Å². The van der Waals surface area contributed by atoms with Crippen LogP contribution in [0.15, 0.2) is 54.9 Å². The van der Waals surface area contributed by atoms with E-state index in [2.05, 4.69) is 51.5 Å². The predicted molar refractivity (Wildman–Crippen MR) is 130 cm³/mol. The Morgan fingerprint density at radius 1 is 1.15 bits per heavy atom. The third-order valence-electron chi connectivity index (χ3n) is 6.88. The maximum atomic E-state index is 6.36. The van der Waals surface area contributed by atoms with Crippen LogP contribution in [-0.4, -0.2) is 52.3 Å². The van der Waals surface area contributed by atoms with Gasteiger partial charge in [-0.3, -0.25) is 4.40 Å². The smallest absolute Gasteiger partial charge is 0.140 e. The second kappa shape index (κ2) is 8.01. The number of para-hydroxylation sites is 1. The van der Waals surface area contributed by atoms with E-state index in [-0.39, 0.29) is 11.6 Å². The molecule has 33 heavy (non-hydrogen) atoms. The molecule has 0 radical (unpaired) electrons. The zero-order chi connectivity index (χ0) is 22.4. The molecular formula is C26H29N5O2. The Kier molecular flexibility index (Phi) is 4.96. The highest BCUT2D eigenvalue weighted by molar-refractivity contribution is 5.92. The molecule has 170 valence electrons. The Morgan fingerprint density at radius 2 is 2.03 bits per heavy atom. The Morgan fingerprint density at radius 3 is 2.85 bits per heavy atom. The number of pyridine rings is 2. The Balaban J connectivity index is 1.34. The van der Waals surface area contributed by atoms with Crippen LogP contribution >= 0.6 is 0 Å². The maximum absolute atomic E-state index is 6.36. The van der Waals surface area contributed by atoms with Crippen molar-refractivity contribution in [1.82, 2.24) is 14.4 Å². The van der Waals surface area contributed by atoms with Gasteiger partial charge in [-0.25, -0.2) is 9.97 Å². The van der Waals surface area contributed by atoms with Gasteiger partial charge in [-0.05, 0) is 38.0 Å². The number of imidazole rings is 1. The topological polar surface area (TPSA) is 77.9 Å². The van der Waals surface area contributed by atoms with E-state index in [4.69, 9.17) is 20.2 Å². The Hall–Kier alpha value is -3.16. The van der Waals surface area contributed by atoms with Crippen LogP contribution in [0.2, 0.25) is 0 Å². The van der Waals surface area contributed by atoms with Crippen LogP contribution in [0.4, 0.5) is 5.69 Å². The minimum Gasteiger partial charge on any atom is -0.488 e. The Labute approximate surface area is 193 Å². The molecule has 1 unspecified atom stereocenters. The van der Waals surface area contributed by atoms with Gasteiger partial charge in [-0.1, -0.05) is 18.2 Å². The summed E-state index contributed by atoms with van der Waals surface area (Å²) in [6.07, 6.45) is 6.90. The van der Waals surface area contributed by atoms with Crippen molar-refractivity contribution >= 4 is 22.2 Å². The van der Waals surface area contributed by atoms with Crippen molar-refractivity contribution in [2.75, 3.05) is 31.2 Å². The molecule has 0 bridgehead atoms. The molecule has 1 aromatic carbocycles. The summed E-state index contributed by atoms with van der Waals surface area (Å²) in [6, 6.07) is 14.6. The van der Waals surface area contributed by atoms with E-state index in [0.717, 1.165) is 72.6 Å². The molecule has 0 amide bonds. The zero-order valence-corrected chi connectivity index (χ0v) is 18.9. The molecule has 0 saturated carbocycles. The molecule has 6 rings (SSSR count). The predicted octanol–water partition coefficient (Wildman–Crippen LogP) is 4.03. The van der Waals surface area contributed by atoms with E-state index in [1.807, 2.05) is 24.5 Å². The van der Waals surface area contributed by atoms with Crippen LogP contribution in [0, 0.1) is 0 Å². The van der Waals surface area contributed by atoms with Crippen LogP contribution in [0.25, 0.3) is 27.9 Å². The molecule has 4 aromatic rings. The molecule has 2 aliphatic heterocycles. The van der Waals surface area contributed by atoms with Gasteiger partial charge in [-0.15, -0.1) is 0 Å². The van der Waals surface area contributed by atoms with Gasteiger partial charge in [0.2, 0.25) is 0 Å². The first-order valence-electron chi connectivity index (χ1n) is 11.7. The first kappa shape index (κ1) is 20.4. The number of nitrogens with zero attached hydrogens (tertiary/aromatic N) is 4. The largest absolute Gasteiger partial charge is 0.488 e. The highest BCUT2D eigenvalue weighted by atomic mass is 16.5. The van der Waals surface area contributed by atoms with Crippen LogP contribution in [0.5, 0.6) is 5.75 Å². The maximum Gasteiger partial charge on any atom is 0.140 e. The summed E-state index contributed by atoms with van der Waals surface area (Å²) in [6.45, 7) is 5.45. The number of rotatable bonds is 4. The van der Waals surface area contributed by atoms with Crippen LogP contribution in [0.1, 0.15) is 26.2 Å². The average molecular weight is 444 g/mol. The van der Waals surface area contributed by atoms with Gasteiger partial charge in [0.25, 0.3) is 0 Å². The first-order chi connectivity index (χ1) is 16.1. The van der Waals surface area contributed by atoms with Crippen LogP contribution in [0.3, 0.4) is 0 Å². The number of ether oxygens (including phenoxy) is 2. The summed E-state index contributed by atoms with van der Waals surface area (Å²) >= 11 is 0. The lowest BCUT2D eigenvalue weighted by Gasteiger charge is -2.38. The highest BCUT2D eigenvalue weighted by Crippen LogP contribution is 2.32. The lowest BCUT2D eigenvalue weighted by molar-refractivity contribution is 0.141. The standard InChI is InChI=1S/C26H29N5O2/c1-26(27)9-12-30(13-10-26)22-4-2-3-18-5-6-21(29-25(18)22)23-16-28-24-15-19(7-11-31(23)24)33-20-8-14-32-17-20/h2-7,11,15-16,20H,8-10,12-14,17,27H2,1H3. The summed E-state index contributed by atoms with van der Waals surface area (Å²) < 4.78 is 13.5. The van der Waals surface area contributed by atoms with Crippen LogP contribution < -0.4 is 15.4 Å². The number of nitrogens with two attached hydrogens (primary N) is 1. The minimum absolute atomic E-state index is 0.0798. The molecule has 2 aliphatic rings. The lowest BCUT2D eigenvalue weighted by Crippen LogP contribution is -2.48. The van der Waals surface area contributed by atoms with Crippen molar-refractivity contribution in [3.05, 3.63) is 54.9 Å². The van der Waals surface area contributed by atoms with E-state index >= 15 is 0 Å². The molecule has 5 heterocycles. The zero-order valence-electron chi connectivity index (χ0n) is 18.9. The second-order valence-corrected chi connectivity index (χ2v) is 9.52. The third kappa shape index (κ3) is 3.92. The van der Waals surface area contributed by atoms with Crippen molar-refractivity contribution in [2.45, 2.75) is 37.8 Å². The molecular weight excluding hydrogens is 414 g/mol. The number of benzene rings is 1. The summed E-state index contributed by atoms with van der Waals surface area (Å²) in [7, 11) is 0. The number of piperidine rings is 1. The van der Waals surface area contributed by atoms with Gasteiger partial charge in [0.1, 0.15) is 17.5 Å². The number of fused-ring (bicyclic) bond motifs is 2. The van der Waals surface area contributed by atoms with Gasteiger partial charge in [0.15, 0.2) is 0 Å². The number of hydrogen-bond donors (Lipinski definition) is 1. The summed E-state index contributed by atoms with van der Waals surface area (Å²) in [5.74, 6) is 0.820. The molecule has 2 N–H and O–H groups in total. The van der Waals surface area contributed by atoms with E-state index in [0.29, 0.717) is 6.61 Å². The normalized spacial score (nSPS) is 20.5. The van der Waals surface area contributed by atoms with Gasteiger partial charge < -0.3 is 20.1 Å². The third-order valence-corrected chi connectivity index (χ3v) is 6.88. The van der Waals surface area contributed by atoms with E-state index in [9.17, 15) is 0 Å². The molecule has 2 saturated heterocycles. The minimum atomic E-state index is -0.0798. The van der Waals surface area contributed by atoms with Crippen molar-refractivity contribution in [3.8, 4) is 17.1 Å². The fraction of sp³-hybridized carbons (Fsp3) is 0.385. The molecule has 7 heteroatoms. The van der Waals surface area contributed by atoms with Gasteiger partial charge >= 0.3 is 0 Å². The number of hydrogen-bond acceptors (Lipinski definition) is 6. The van der Waals surface area contributed by atoms with Crippen molar-refractivity contribution in [1.29, 1.82) is 0 Å². The number of anilines is 1. The van der Waals surface area contributed by atoms with Crippen molar-refractivity contribution in [3.63, 3.8) is 0 Å². The van der Waals surface area contributed by atoms with E-state index in [1.165, 1.54) is 5.69 Å². The van der Waals surface area contributed by atoms with Gasteiger partial charge in [0, 0.05) is 42.7 Å². The summed E-state index contributed by atoms with van der Waals surface area (Å²) in [4.78, 5) is 12.1. The lowest BCUT2D eigenvalue weighted by atomic mass is 9.90. The van der Waals surface area contributed by atoms with Crippen LogP contribution in [-0.2, 0) is 4.74 Å². The first-order valence-corrected chi connectivity index (χ1v) is 11.7. The van der Waals surface area contributed by atoms with Gasteiger partial charge in [0.05, 0.1) is 42.0 Å². The fourth-order valence-corrected chi connectivity index (χ4v) is 4.81. The van der Waals surface area contributed by atoms with E-state index in [1.54, 1.807) is 0 Å². The molecule has 1 atom stereocenters. The molecule has 7 nitrogen and oxygen atoms in total. The molecule has 2 fully saturated rings. The Bertz CT molecular complexity index is 1300. The monoisotopic (exact) mass is 443 g/mol. The fourth-order valence-electron chi connectivity index (χ4n) is 4.81. The molecule has 3 aromatic heterocycles. The average Bonchev–Trinajstić information content (AvgIpc) is 3.48. The number of aromatic nitrogens is 3. The van der Waals surface area contributed by atoms with Gasteiger partial charge in [-0.2, -0.15) is 0 Å². The summed E-state index contributed by atoms with van der Waals surface area (Å²) in [5, 5.41) is 1.14. The SMILES string of the molecule is CC1(N)CCN(c2cccc3ccc(-c4cnc5cc(OC6CCOC6)ccn45)nc23)CC1. The molecule has 0 spiro atoms. The quantitative estimate of drug-likeness (QED) is 0.513.